The van der Waals surface area contributed by atoms with Gasteiger partial charge in [-0.05, 0) is 12.1 Å². The summed E-state index contributed by atoms with van der Waals surface area (Å²) in [4.78, 5) is 10.7. The number of halogens is 1. The Kier molecular flexibility index (Phi) is 2.54. The third kappa shape index (κ3) is 1.72. The summed E-state index contributed by atoms with van der Waals surface area (Å²) in [6.07, 6.45) is 0. The van der Waals surface area contributed by atoms with Gasteiger partial charge in [-0.2, -0.15) is 0 Å². The Balaban J connectivity index is 2.53. The number of benzene rings is 1. The van der Waals surface area contributed by atoms with Crippen LogP contribution in [0.25, 0.3) is 11.3 Å². The van der Waals surface area contributed by atoms with E-state index >= 15 is 0 Å². The summed E-state index contributed by atoms with van der Waals surface area (Å²) in [6.45, 7) is 0. The summed E-state index contributed by atoms with van der Waals surface area (Å²) < 4.78 is 4.59. The number of aromatic hydroxyl groups is 1. The molecule has 0 saturated carbocycles. The number of aromatic nitrogens is 1. The fraction of sp³-hybridized carbons (Fsp3) is 0. The first-order valence-electron chi connectivity index (χ1n) is 4.27. The fourth-order valence-corrected chi connectivity index (χ4v) is 1.50. The SMILES string of the molecule is O=C(O)c1onc(-c2cccc(O)c2)c1Cl. The van der Waals surface area contributed by atoms with Crippen LogP contribution in [0.1, 0.15) is 10.6 Å². The van der Waals surface area contributed by atoms with Gasteiger partial charge in [0.15, 0.2) is 0 Å². The molecule has 0 spiro atoms. The second kappa shape index (κ2) is 3.86. The standard InChI is InChI=1S/C10H6ClNO4/c11-7-8(12-16-9(7)10(14)15)5-2-1-3-6(13)4-5/h1-4,13H,(H,14,15). The van der Waals surface area contributed by atoms with Gasteiger partial charge in [-0.15, -0.1) is 0 Å². The maximum Gasteiger partial charge on any atom is 0.376 e. The summed E-state index contributed by atoms with van der Waals surface area (Å²) in [5.74, 6) is -1.67. The largest absolute Gasteiger partial charge is 0.508 e. The van der Waals surface area contributed by atoms with Crippen molar-refractivity contribution in [2.24, 2.45) is 0 Å². The molecule has 6 heteroatoms. The molecule has 2 aromatic rings. The molecule has 2 rings (SSSR count). The van der Waals surface area contributed by atoms with Gasteiger partial charge in [0.25, 0.3) is 5.76 Å². The molecule has 82 valence electrons. The molecule has 0 bridgehead atoms. The molecular weight excluding hydrogens is 234 g/mol. The van der Waals surface area contributed by atoms with E-state index in [0.717, 1.165) is 0 Å². The number of nitrogens with zero attached hydrogens (tertiary/aromatic N) is 1. The van der Waals surface area contributed by atoms with Crippen LogP contribution in [-0.2, 0) is 0 Å². The van der Waals surface area contributed by atoms with Crippen LogP contribution >= 0.6 is 11.6 Å². The first kappa shape index (κ1) is 10.5. The Morgan fingerprint density at radius 1 is 1.44 bits per heavy atom. The van der Waals surface area contributed by atoms with Crippen molar-refractivity contribution in [1.29, 1.82) is 0 Å². The van der Waals surface area contributed by atoms with Crippen LogP contribution < -0.4 is 0 Å². The van der Waals surface area contributed by atoms with E-state index in [9.17, 15) is 9.90 Å². The van der Waals surface area contributed by atoms with E-state index in [1.165, 1.54) is 12.1 Å². The molecule has 2 N–H and O–H groups in total. The van der Waals surface area contributed by atoms with Crippen LogP contribution in [-0.4, -0.2) is 21.3 Å². The topological polar surface area (TPSA) is 83.6 Å². The van der Waals surface area contributed by atoms with Gasteiger partial charge < -0.3 is 14.7 Å². The van der Waals surface area contributed by atoms with E-state index in [2.05, 4.69) is 9.68 Å². The second-order valence-corrected chi connectivity index (χ2v) is 3.41. The summed E-state index contributed by atoms with van der Waals surface area (Å²) in [7, 11) is 0. The Bertz CT molecular complexity index is 550. The maximum absolute atomic E-state index is 10.7. The van der Waals surface area contributed by atoms with Gasteiger partial charge in [0.2, 0.25) is 0 Å². The fourth-order valence-electron chi connectivity index (χ4n) is 1.24. The second-order valence-electron chi connectivity index (χ2n) is 3.03. The molecule has 0 radical (unpaired) electrons. The van der Waals surface area contributed by atoms with Crippen LogP contribution in [0.4, 0.5) is 0 Å². The quantitative estimate of drug-likeness (QED) is 0.841. The van der Waals surface area contributed by atoms with Gasteiger partial charge in [0.1, 0.15) is 16.5 Å². The lowest BCUT2D eigenvalue weighted by atomic mass is 10.1. The molecule has 0 amide bonds. The van der Waals surface area contributed by atoms with E-state index in [1.807, 2.05) is 0 Å². The van der Waals surface area contributed by atoms with Crippen LogP contribution in [0.5, 0.6) is 5.75 Å². The summed E-state index contributed by atoms with van der Waals surface area (Å²) in [5.41, 5.74) is 0.677. The molecule has 0 aliphatic carbocycles. The van der Waals surface area contributed by atoms with Gasteiger partial charge in [-0.1, -0.05) is 28.9 Å². The first-order chi connectivity index (χ1) is 7.59. The Labute approximate surface area is 94.9 Å². The lowest BCUT2D eigenvalue weighted by molar-refractivity contribution is 0.0652. The molecule has 0 atom stereocenters. The molecular formula is C10H6ClNO4. The third-order valence-corrected chi connectivity index (χ3v) is 2.30. The average molecular weight is 240 g/mol. The minimum Gasteiger partial charge on any atom is -0.508 e. The number of carboxylic acid groups (broad SMARTS) is 1. The summed E-state index contributed by atoms with van der Waals surface area (Å²) in [5, 5.41) is 21.4. The van der Waals surface area contributed by atoms with Crippen molar-refractivity contribution in [3.63, 3.8) is 0 Å². The molecule has 16 heavy (non-hydrogen) atoms. The molecule has 0 saturated heterocycles. The summed E-state index contributed by atoms with van der Waals surface area (Å²) >= 11 is 5.79. The van der Waals surface area contributed by atoms with Crippen molar-refractivity contribution in [3.05, 3.63) is 35.0 Å². The zero-order chi connectivity index (χ0) is 11.7. The third-order valence-electron chi connectivity index (χ3n) is 1.95. The minimum atomic E-state index is -1.29. The Morgan fingerprint density at radius 2 is 2.19 bits per heavy atom. The van der Waals surface area contributed by atoms with Crippen molar-refractivity contribution in [1.82, 2.24) is 5.16 Å². The highest BCUT2D eigenvalue weighted by Crippen LogP contribution is 2.31. The number of hydrogen-bond acceptors (Lipinski definition) is 4. The normalized spacial score (nSPS) is 10.3. The number of rotatable bonds is 2. The molecule has 0 fully saturated rings. The van der Waals surface area contributed by atoms with Gasteiger partial charge in [0.05, 0.1) is 0 Å². The number of phenolic OH excluding ortho intramolecular Hbond substituents is 1. The lowest BCUT2D eigenvalue weighted by Crippen LogP contribution is -1.93. The molecule has 0 unspecified atom stereocenters. The predicted octanol–water partition coefficient (Wildman–Crippen LogP) is 2.40. The molecule has 5 nitrogen and oxygen atoms in total. The Hall–Kier alpha value is -2.01. The van der Waals surface area contributed by atoms with Gasteiger partial charge >= 0.3 is 5.97 Å². The highest BCUT2D eigenvalue weighted by molar-refractivity contribution is 6.35. The first-order valence-corrected chi connectivity index (χ1v) is 4.65. The number of aromatic carboxylic acids is 1. The average Bonchev–Trinajstić information content (AvgIpc) is 2.60. The zero-order valence-corrected chi connectivity index (χ0v) is 8.60. The van der Waals surface area contributed by atoms with Gasteiger partial charge in [0, 0.05) is 5.56 Å². The maximum atomic E-state index is 10.7. The van der Waals surface area contributed by atoms with Crippen molar-refractivity contribution in [2.45, 2.75) is 0 Å². The van der Waals surface area contributed by atoms with E-state index in [1.54, 1.807) is 12.1 Å². The molecule has 0 aliphatic heterocycles. The smallest absolute Gasteiger partial charge is 0.376 e. The van der Waals surface area contributed by atoms with Crippen molar-refractivity contribution >= 4 is 17.6 Å². The van der Waals surface area contributed by atoms with Crippen LogP contribution in [0.3, 0.4) is 0 Å². The number of hydrogen-bond donors (Lipinski definition) is 2. The van der Waals surface area contributed by atoms with E-state index in [4.69, 9.17) is 16.7 Å². The van der Waals surface area contributed by atoms with Crippen molar-refractivity contribution in [2.75, 3.05) is 0 Å². The number of carboxylic acids is 1. The summed E-state index contributed by atoms with van der Waals surface area (Å²) in [6, 6.07) is 6.12. The number of carbonyl (C=O) groups is 1. The zero-order valence-electron chi connectivity index (χ0n) is 7.85. The van der Waals surface area contributed by atoms with Gasteiger partial charge in [-0.25, -0.2) is 4.79 Å². The monoisotopic (exact) mass is 239 g/mol. The van der Waals surface area contributed by atoms with Crippen molar-refractivity contribution in [3.8, 4) is 17.0 Å². The molecule has 1 aromatic carbocycles. The van der Waals surface area contributed by atoms with E-state index in [0.29, 0.717) is 5.56 Å². The molecule has 0 aliphatic rings. The highest BCUT2D eigenvalue weighted by atomic mass is 35.5. The highest BCUT2D eigenvalue weighted by Gasteiger charge is 2.21. The minimum absolute atomic E-state index is 0.0356. The van der Waals surface area contributed by atoms with Crippen LogP contribution in [0.15, 0.2) is 28.8 Å². The van der Waals surface area contributed by atoms with E-state index < -0.39 is 11.7 Å². The van der Waals surface area contributed by atoms with Crippen LogP contribution in [0, 0.1) is 0 Å². The lowest BCUT2D eigenvalue weighted by Gasteiger charge is -1.96. The molecule has 1 aromatic heterocycles. The van der Waals surface area contributed by atoms with Crippen molar-refractivity contribution < 1.29 is 19.5 Å². The van der Waals surface area contributed by atoms with Crippen LogP contribution in [0.2, 0.25) is 5.02 Å². The van der Waals surface area contributed by atoms with Gasteiger partial charge in [-0.3, -0.25) is 0 Å². The predicted molar refractivity (Wildman–Crippen MR) is 55.6 cm³/mol. The molecule has 1 heterocycles. The Morgan fingerprint density at radius 3 is 2.75 bits per heavy atom. The van der Waals surface area contributed by atoms with E-state index in [-0.39, 0.29) is 16.5 Å². The number of phenols is 1.